The number of rotatable bonds is 7. The Morgan fingerprint density at radius 2 is 1.81 bits per heavy atom. The lowest BCUT2D eigenvalue weighted by Crippen LogP contribution is -2.03. The molecule has 0 saturated heterocycles. The summed E-state index contributed by atoms with van der Waals surface area (Å²) in [6.45, 7) is 4.34. The van der Waals surface area contributed by atoms with Crippen LogP contribution in [0.3, 0.4) is 0 Å². The number of halogens is 1. The molecule has 0 aliphatic carbocycles. The molecular formula is C20H19ClN2O2S. The summed E-state index contributed by atoms with van der Waals surface area (Å²) in [5, 5.41) is 9.03. The molecule has 0 saturated carbocycles. The Bertz CT molecular complexity index is 876. The maximum atomic E-state index is 12.4. The SMILES string of the molecule is CC[C@@H](C)c1ccc(C(=O)CSc2nnc(-c3ccc(Cl)cc3)o2)cc1. The molecule has 0 fully saturated rings. The number of benzene rings is 2. The minimum Gasteiger partial charge on any atom is -0.411 e. The molecule has 3 aromatic rings. The highest BCUT2D eigenvalue weighted by Crippen LogP contribution is 2.25. The van der Waals surface area contributed by atoms with Crippen molar-refractivity contribution in [1.82, 2.24) is 10.2 Å². The molecule has 0 aliphatic rings. The van der Waals surface area contributed by atoms with Gasteiger partial charge in [0, 0.05) is 16.1 Å². The van der Waals surface area contributed by atoms with Crippen LogP contribution in [0.25, 0.3) is 11.5 Å². The molecule has 1 aromatic heterocycles. The van der Waals surface area contributed by atoms with Gasteiger partial charge in [-0.05, 0) is 42.2 Å². The summed E-state index contributed by atoms with van der Waals surface area (Å²) < 4.78 is 5.61. The van der Waals surface area contributed by atoms with Crippen LogP contribution in [-0.4, -0.2) is 21.7 Å². The standard InChI is InChI=1S/C20H19ClN2O2S/c1-3-13(2)14-4-6-15(7-5-14)18(24)12-26-20-23-22-19(25-20)16-8-10-17(21)11-9-16/h4-11,13H,3,12H2,1-2H3/t13-/m1/s1. The van der Waals surface area contributed by atoms with Gasteiger partial charge in [0.1, 0.15) is 0 Å². The lowest BCUT2D eigenvalue weighted by Gasteiger charge is -2.09. The van der Waals surface area contributed by atoms with Crippen molar-refractivity contribution in [3.05, 3.63) is 64.7 Å². The molecule has 3 rings (SSSR count). The fraction of sp³-hybridized carbons (Fsp3) is 0.250. The smallest absolute Gasteiger partial charge is 0.277 e. The van der Waals surface area contributed by atoms with Crippen molar-refractivity contribution < 1.29 is 9.21 Å². The number of aromatic nitrogens is 2. The number of hydrogen-bond acceptors (Lipinski definition) is 5. The van der Waals surface area contributed by atoms with E-state index in [1.54, 1.807) is 12.1 Å². The number of carbonyl (C=O) groups is 1. The van der Waals surface area contributed by atoms with Gasteiger partial charge in [-0.1, -0.05) is 61.5 Å². The Morgan fingerprint density at radius 3 is 2.46 bits per heavy atom. The van der Waals surface area contributed by atoms with E-state index < -0.39 is 0 Å². The third kappa shape index (κ3) is 4.54. The molecule has 1 heterocycles. The Kier molecular flexibility index (Phi) is 6.12. The number of Topliss-reactive ketones (excluding diaryl/α,β-unsaturated/α-hetero) is 1. The van der Waals surface area contributed by atoms with Crippen molar-refractivity contribution in [2.75, 3.05) is 5.75 Å². The second-order valence-electron chi connectivity index (χ2n) is 6.02. The van der Waals surface area contributed by atoms with Gasteiger partial charge < -0.3 is 4.42 Å². The Balaban J connectivity index is 1.60. The number of thioether (sulfide) groups is 1. The first-order valence-electron chi connectivity index (χ1n) is 8.42. The van der Waals surface area contributed by atoms with Gasteiger partial charge in [-0.15, -0.1) is 10.2 Å². The largest absolute Gasteiger partial charge is 0.411 e. The molecule has 0 bridgehead atoms. The van der Waals surface area contributed by atoms with Crippen molar-refractivity contribution in [3.63, 3.8) is 0 Å². The van der Waals surface area contributed by atoms with Crippen LogP contribution < -0.4 is 0 Å². The molecule has 0 N–H and O–H groups in total. The van der Waals surface area contributed by atoms with E-state index in [4.69, 9.17) is 16.0 Å². The van der Waals surface area contributed by atoms with E-state index in [0.29, 0.717) is 27.6 Å². The maximum absolute atomic E-state index is 12.4. The summed E-state index contributed by atoms with van der Waals surface area (Å²) in [6, 6.07) is 15.0. The van der Waals surface area contributed by atoms with Crippen LogP contribution in [0.4, 0.5) is 0 Å². The molecule has 134 valence electrons. The first kappa shape index (κ1) is 18.7. The van der Waals surface area contributed by atoms with Gasteiger partial charge in [0.25, 0.3) is 5.22 Å². The summed E-state index contributed by atoms with van der Waals surface area (Å²) in [5.74, 6) is 1.20. The topological polar surface area (TPSA) is 56.0 Å². The summed E-state index contributed by atoms with van der Waals surface area (Å²) in [6.07, 6.45) is 1.08. The molecule has 26 heavy (non-hydrogen) atoms. The van der Waals surface area contributed by atoms with Gasteiger partial charge in [0.05, 0.1) is 5.75 Å². The van der Waals surface area contributed by atoms with Crippen molar-refractivity contribution in [2.24, 2.45) is 0 Å². The first-order chi connectivity index (χ1) is 12.6. The maximum Gasteiger partial charge on any atom is 0.277 e. The lowest BCUT2D eigenvalue weighted by molar-refractivity contribution is 0.102. The minimum atomic E-state index is 0.0388. The fourth-order valence-electron chi connectivity index (χ4n) is 2.42. The number of ketones is 1. The third-order valence-corrected chi connectivity index (χ3v) is 5.31. The molecule has 0 unspecified atom stereocenters. The highest BCUT2D eigenvalue weighted by atomic mass is 35.5. The summed E-state index contributed by atoms with van der Waals surface area (Å²) in [5.41, 5.74) is 2.74. The number of carbonyl (C=O) groups excluding carboxylic acids is 1. The average Bonchev–Trinajstić information content (AvgIpc) is 3.15. The highest BCUT2D eigenvalue weighted by molar-refractivity contribution is 7.99. The van der Waals surface area contributed by atoms with Crippen molar-refractivity contribution >= 4 is 29.1 Å². The third-order valence-electron chi connectivity index (χ3n) is 4.24. The second-order valence-corrected chi connectivity index (χ2v) is 7.39. The van der Waals surface area contributed by atoms with Crippen LogP contribution in [0.5, 0.6) is 0 Å². The van der Waals surface area contributed by atoms with Gasteiger partial charge in [-0.3, -0.25) is 4.79 Å². The Hall–Kier alpha value is -2.11. The monoisotopic (exact) mass is 386 g/mol. The van der Waals surface area contributed by atoms with Crippen molar-refractivity contribution in [2.45, 2.75) is 31.4 Å². The summed E-state index contributed by atoms with van der Waals surface area (Å²) >= 11 is 7.12. The van der Waals surface area contributed by atoms with Gasteiger partial charge in [-0.25, -0.2) is 0 Å². The number of nitrogens with zero attached hydrogens (tertiary/aromatic N) is 2. The van der Waals surface area contributed by atoms with E-state index in [-0.39, 0.29) is 11.5 Å². The van der Waals surface area contributed by atoms with Crippen molar-refractivity contribution in [1.29, 1.82) is 0 Å². The zero-order chi connectivity index (χ0) is 18.5. The van der Waals surface area contributed by atoms with Crippen LogP contribution in [0.1, 0.15) is 42.1 Å². The zero-order valence-corrected chi connectivity index (χ0v) is 16.2. The summed E-state index contributed by atoms with van der Waals surface area (Å²) in [4.78, 5) is 12.4. The van der Waals surface area contributed by atoms with Crippen LogP contribution in [-0.2, 0) is 0 Å². The molecule has 0 spiro atoms. The van der Waals surface area contributed by atoms with E-state index in [0.717, 1.165) is 12.0 Å². The van der Waals surface area contributed by atoms with Gasteiger partial charge >= 0.3 is 0 Å². The Morgan fingerprint density at radius 1 is 1.12 bits per heavy atom. The lowest BCUT2D eigenvalue weighted by atomic mass is 9.97. The molecule has 6 heteroatoms. The molecule has 0 radical (unpaired) electrons. The molecule has 2 aromatic carbocycles. The van der Waals surface area contributed by atoms with E-state index in [1.165, 1.54) is 17.3 Å². The quantitative estimate of drug-likeness (QED) is 0.375. The minimum absolute atomic E-state index is 0.0388. The molecule has 0 amide bonds. The molecule has 4 nitrogen and oxygen atoms in total. The average molecular weight is 387 g/mol. The van der Waals surface area contributed by atoms with E-state index in [2.05, 4.69) is 24.0 Å². The van der Waals surface area contributed by atoms with Gasteiger partial charge in [0.2, 0.25) is 5.89 Å². The number of hydrogen-bond donors (Lipinski definition) is 0. The van der Waals surface area contributed by atoms with Crippen LogP contribution >= 0.6 is 23.4 Å². The first-order valence-corrected chi connectivity index (χ1v) is 9.78. The molecule has 0 aliphatic heterocycles. The van der Waals surface area contributed by atoms with E-state index in [1.807, 2.05) is 36.4 Å². The van der Waals surface area contributed by atoms with Gasteiger partial charge in [0.15, 0.2) is 5.78 Å². The van der Waals surface area contributed by atoms with E-state index >= 15 is 0 Å². The summed E-state index contributed by atoms with van der Waals surface area (Å²) in [7, 11) is 0. The van der Waals surface area contributed by atoms with E-state index in [9.17, 15) is 4.79 Å². The normalized spacial score (nSPS) is 12.1. The predicted octanol–water partition coefficient (Wildman–Crippen LogP) is 5.88. The predicted molar refractivity (Wildman–Crippen MR) is 105 cm³/mol. The van der Waals surface area contributed by atoms with Crippen LogP contribution in [0, 0.1) is 0 Å². The Labute approximate surface area is 162 Å². The van der Waals surface area contributed by atoms with Crippen LogP contribution in [0.2, 0.25) is 5.02 Å². The molecular weight excluding hydrogens is 368 g/mol. The second kappa shape index (κ2) is 8.52. The fourth-order valence-corrected chi connectivity index (χ4v) is 3.20. The molecule has 1 atom stereocenters. The van der Waals surface area contributed by atoms with Crippen LogP contribution in [0.15, 0.2) is 58.2 Å². The zero-order valence-electron chi connectivity index (χ0n) is 14.6. The highest BCUT2D eigenvalue weighted by Gasteiger charge is 2.13. The van der Waals surface area contributed by atoms with Gasteiger partial charge in [-0.2, -0.15) is 0 Å². The van der Waals surface area contributed by atoms with Crippen molar-refractivity contribution in [3.8, 4) is 11.5 Å².